The molecule has 1 atom stereocenters. The average Bonchev–Trinajstić information content (AvgIpc) is 3.19. The summed E-state index contributed by atoms with van der Waals surface area (Å²) in [5.41, 5.74) is 2.11. The molecule has 0 fully saturated rings. The summed E-state index contributed by atoms with van der Waals surface area (Å²) >= 11 is 0. The molecule has 21 heavy (non-hydrogen) atoms. The summed E-state index contributed by atoms with van der Waals surface area (Å²) in [7, 11) is 0. The third kappa shape index (κ3) is 3.47. The molecule has 6 nitrogen and oxygen atoms in total. The topological polar surface area (TPSA) is 60.6 Å². The van der Waals surface area contributed by atoms with Crippen LogP contribution in [0, 0.1) is 0 Å². The quantitative estimate of drug-likeness (QED) is 0.754. The van der Waals surface area contributed by atoms with E-state index in [9.17, 15) is 0 Å². The lowest BCUT2D eigenvalue weighted by molar-refractivity contribution is 0.546. The predicted molar refractivity (Wildman–Crippen MR) is 81.3 cm³/mol. The molecule has 0 aliphatic heterocycles. The van der Waals surface area contributed by atoms with Crippen LogP contribution in [0.25, 0.3) is 5.69 Å². The summed E-state index contributed by atoms with van der Waals surface area (Å²) in [6.45, 7) is 3.09. The molecule has 1 N–H and O–H groups in total. The minimum Gasteiger partial charge on any atom is -0.383 e. The fourth-order valence-electron chi connectivity index (χ4n) is 2.17. The summed E-state index contributed by atoms with van der Waals surface area (Å²) in [6.07, 6.45) is 8.31. The van der Waals surface area contributed by atoms with Crippen LogP contribution in [0.2, 0.25) is 0 Å². The number of rotatable bonds is 6. The number of hydrogen-bond donors (Lipinski definition) is 1. The standard InChI is InChI=1S/C15H18N6/c1-13(7-11-20-10-2-8-17-20)18-14-3-5-15(6-4-14)21-12-9-16-19-21/h2-6,8-10,12-13,18H,7,11H2,1H3. The monoisotopic (exact) mass is 282 g/mol. The molecule has 0 saturated carbocycles. The largest absolute Gasteiger partial charge is 0.383 e. The molecular formula is C15H18N6. The first kappa shape index (κ1) is 13.4. The minimum atomic E-state index is 0.381. The van der Waals surface area contributed by atoms with E-state index in [1.54, 1.807) is 17.1 Å². The highest BCUT2D eigenvalue weighted by atomic mass is 15.4. The van der Waals surface area contributed by atoms with Crippen LogP contribution in [0.4, 0.5) is 5.69 Å². The van der Waals surface area contributed by atoms with Gasteiger partial charge in [0.15, 0.2) is 0 Å². The van der Waals surface area contributed by atoms with Gasteiger partial charge < -0.3 is 5.32 Å². The molecule has 0 spiro atoms. The zero-order valence-electron chi connectivity index (χ0n) is 11.9. The highest BCUT2D eigenvalue weighted by Gasteiger charge is 2.03. The highest BCUT2D eigenvalue weighted by Crippen LogP contribution is 2.14. The molecule has 0 radical (unpaired) electrons. The molecule has 3 aromatic rings. The summed E-state index contributed by atoms with van der Waals surface area (Å²) in [6, 6.07) is 10.5. The van der Waals surface area contributed by atoms with Gasteiger partial charge >= 0.3 is 0 Å². The van der Waals surface area contributed by atoms with E-state index in [1.165, 1.54) is 0 Å². The first-order valence-electron chi connectivity index (χ1n) is 7.02. The molecule has 2 heterocycles. The van der Waals surface area contributed by atoms with E-state index in [0.29, 0.717) is 6.04 Å². The average molecular weight is 282 g/mol. The van der Waals surface area contributed by atoms with Gasteiger partial charge in [-0.25, -0.2) is 4.68 Å². The van der Waals surface area contributed by atoms with Gasteiger partial charge in [-0.3, -0.25) is 4.68 Å². The van der Waals surface area contributed by atoms with Crippen molar-refractivity contribution in [2.75, 3.05) is 5.32 Å². The van der Waals surface area contributed by atoms with Crippen LogP contribution in [0.1, 0.15) is 13.3 Å². The maximum Gasteiger partial charge on any atom is 0.0697 e. The minimum absolute atomic E-state index is 0.381. The maximum absolute atomic E-state index is 4.21. The van der Waals surface area contributed by atoms with E-state index in [0.717, 1.165) is 24.3 Å². The Bertz CT molecular complexity index is 642. The molecule has 6 heteroatoms. The van der Waals surface area contributed by atoms with Gasteiger partial charge in [0, 0.05) is 30.7 Å². The van der Waals surface area contributed by atoms with E-state index in [4.69, 9.17) is 0 Å². The van der Waals surface area contributed by atoms with E-state index in [2.05, 4.69) is 39.8 Å². The van der Waals surface area contributed by atoms with Gasteiger partial charge in [0.1, 0.15) is 0 Å². The lowest BCUT2D eigenvalue weighted by Crippen LogP contribution is -2.17. The number of anilines is 1. The van der Waals surface area contributed by atoms with Crippen LogP contribution >= 0.6 is 0 Å². The fraction of sp³-hybridized carbons (Fsp3) is 0.267. The van der Waals surface area contributed by atoms with E-state index in [-0.39, 0.29) is 0 Å². The number of aromatic nitrogens is 5. The molecule has 0 amide bonds. The third-order valence-electron chi connectivity index (χ3n) is 3.32. The number of nitrogens with zero attached hydrogens (tertiary/aromatic N) is 5. The van der Waals surface area contributed by atoms with Crippen molar-refractivity contribution in [2.24, 2.45) is 0 Å². The van der Waals surface area contributed by atoms with Gasteiger partial charge in [0.25, 0.3) is 0 Å². The second-order valence-corrected chi connectivity index (χ2v) is 5.00. The Labute approximate surface area is 123 Å². The smallest absolute Gasteiger partial charge is 0.0697 e. The van der Waals surface area contributed by atoms with Crippen molar-refractivity contribution in [2.45, 2.75) is 25.9 Å². The molecule has 1 unspecified atom stereocenters. The molecule has 0 saturated heterocycles. The summed E-state index contributed by atoms with van der Waals surface area (Å²) in [5.74, 6) is 0. The van der Waals surface area contributed by atoms with Crippen molar-refractivity contribution in [3.63, 3.8) is 0 Å². The number of aryl methyl sites for hydroxylation is 1. The molecular weight excluding hydrogens is 264 g/mol. The van der Waals surface area contributed by atoms with Gasteiger partial charge in [0.05, 0.1) is 18.1 Å². The van der Waals surface area contributed by atoms with E-state index in [1.807, 2.05) is 35.3 Å². The Hall–Kier alpha value is -2.63. The van der Waals surface area contributed by atoms with Crippen molar-refractivity contribution in [1.82, 2.24) is 24.8 Å². The van der Waals surface area contributed by atoms with Gasteiger partial charge in [-0.2, -0.15) is 5.10 Å². The summed E-state index contributed by atoms with van der Waals surface area (Å²) < 4.78 is 3.69. The van der Waals surface area contributed by atoms with Gasteiger partial charge in [0.2, 0.25) is 0 Å². The molecule has 1 aromatic carbocycles. The van der Waals surface area contributed by atoms with E-state index < -0.39 is 0 Å². The van der Waals surface area contributed by atoms with Crippen LogP contribution in [0.15, 0.2) is 55.1 Å². The number of benzene rings is 1. The molecule has 0 aliphatic rings. The fourth-order valence-corrected chi connectivity index (χ4v) is 2.17. The predicted octanol–water partition coefficient (Wildman–Crippen LogP) is 2.35. The van der Waals surface area contributed by atoms with Gasteiger partial charge in [-0.05, 0) is 43.7 Å². The Balaban J connectivity index is 1.55. The summed E-state index contributed by atoms with van der Waals surface area (Å²) in [5, 5.41) is 15.5. The van der Waals surface area contributed by atoms with Crippen molar-refractivity contribution in [3.8, 4) is 5.69 Å². The normalized spacial score (nSPS) is 12.2. The van der Waals surface area contributed by atoms with Crippen molar-refractivity contribution in [1.29, 1.82) is 0 Å². The van der Waals surface area contributed by atoms with Crippen LogP contribution in [0.3, 0.4) is 0 Å². The second kappa shape index (κ2) is 6.21. The first-order valence-corrected chi connectivity index (χ1v) is 7.02. The Morgan fingerprint density at radius 3 is 2.67 bits per heavy atom. The SMILES string of the molecule is CC(CCn1cccn1)Nc1ccc(-n2ccnn2)cc1. The van der Waals surface area contributed by atoms with Crippen molar-refractivity contribution >= 4 is 5.69 Å². The maximum atomic E-state index is 4.21. The molecule has 0 aliphatic carbocycles. The number of hydrogen-bond acceptors (Lipinski definition) is 4. The van der Waals surface area contributed by atoms with Crippen molar-refractivity contribution < 1.29 is 0 Å². The number of nitrogens with one attached hydrogen (secondary N) is 1. The molecule has 3 rings (SSSR count). The van der Waals surface area contributed by atoms with Crippen LogP contribution in [-0.4, -0.2) is 30.8 Å². The van der Waals surface area contributed by atoms with Crippen LogP contribution in [-0.2, 0) is 6.54 Å². The van der Waals surface area contributed by atoms with E-state index >= 15 is 0 Å². The molecule has 108 valence electrons. The van der Waals surface area contributed by atoms with Gasteiger partial charge in [-0.15, -0.1) is 5.10 Å². The highest BCUT2D eigenvalue weighted by molar-refractivity contribution is 5.48. The molecule has 0 bridgehead atoms. The third-order valence-corrected chi connectivity index (χ3v) is 3.32. The van der Waals surface area contributed by atoms with Crippen LogP contribution < -0.4 is 5.32 Å². The zero-order chi connectivity index (χ0) is 14.5. The second-order valence-electron chi connectivity index (χ2n) is 5.00. The van der Waals surface area contributed by atoms with Gasteiger partial charge in [-0.1, -0.05) is 5.21 Å². The summed E-state index contributed by atoms with van der Waals surface area (Å²) in [4.78, 5) is 0. The zero-order valence-corrected chi connectivity index (χ0v) is 11.9. The Morgan fingerprint density at radius 2 is 2.00 bits per heavy atom. The lowest BCUT2D eigenvalue weighted by Gasteiger charge is -2.15. The first-order chi connectivity index (χ1) is 10.3. The molecule has 2 aromatic heterocycles. The Kier molecular flexibility index (Phi) is 3.95. The Morgan fingerprint density at radius 1 is 1.14 bits per heavy atom. The van der Waals surface area contributed by atoms with Crippen LogP contribution in [0.5, 0.6) is 0 Å². The van der Waals surface area contributed by atoms with Crippen molar-refractivity contribution in [3.05, 3.63) is 55.1 Å². The lowest BCUT2D eigenvalue weighted by atomic mass is 10.2.